The Labute approximate surface area is 163 Å². The molecule has 0 aliphatic rings. The van der Waals surface area contributed by atoms with E-state index in [1.807, 2.05) is 30.3 Å². The topological polar surface area (TPSA) is 101 Å². The van der Waals surface area contributed by atoms with Crippen LogP contribution in [0.2, 0.25) is 10.0 Å². The molecule has 3 N–H and O–H groups in total. The molecule has 134 valence electrons. The minimum absolute atomic E-state index is 0.128. The summed E-state index contributed by atoms with van der Waals surface area (Å²) >= 11 is 12.0. The number of aromatic nitrogens is 3. The van der Waals surface area contributed by atoms with E-state index >= 15 is 0 Å². The molecule has 4 aromatic rings. The first kappa shape index (κ1) is 17.3. The molecule has 0 aliphatic carbocycles. The molecule has 4 rings (SSSR count). The Kier molecular flexibility index (Phi) is 4.39. The molecule has 9 heteroatoms. The molecule has 0 amide bonds. The van der Waals surface area contributed by atoms with Crippen molar-refractivity contribution in [1.29, 1.82) is 0 Å². The minimum atomic E-state index is -0.303. The highest BCUT2D eigenvalue weighted by molar-refractivity contribution is 6.36. The zero-order valence-electron chi connectivity index (χ0n) is 13.7. The second-order valence-electron chi connectivity index (χ2n) is 5.67. The first-order valence-electron chi connectivity index (χ1n) is 7.86. The number of nitrogens with one attached hydrogen (secondary N) is 1. The molecule has 0 saturated carbocycles. The van der Waals surface area contributed by atoms with Crippen molar-refractivity contribution in [3.8, 4) is 11.3 Å². The zero-order chi connectivity index (χ0) is 19.0. The van der Waals surface area contributed by atoms with Crippen LogP contribution in [0.4, 0.5) is 17.2 Å². The Hall–Kier alpha value is -3.16. The highest BCUT2D eigenvalue weighted by atomic mass is 35.5. The lowest BCUT2D eigenvalue weighted by atomic mass is 10.1. The Morgan fingerprint density at radius 1 is 1.04 bits per heavy atom. The van der Waals surface area contributed by atoms with Crippen LogP contribution in [0.15, 0.2) is 69.6 Å². The molecule has 0 unspecified atom stereocenters. The summed E-state index contributed by atoms with van der Waals surface area (Å²) in [5.41, 5.74) is 8.13. The van der Waals surface area contributed by atoms with Crippen LogP contribution in [0.5, 0.6) is 0 Å². The van der Waals surface area contributed by atoms with Gasteiger partial charge in [0.15, 0.2) is 17.2 Å². The van der Waals surface area contributed by atoms with E-state index in [0.717, 1.165) is 5.56 Å². The van der Waals surface area contributed by atoms with Gasteiger partial charge in [-0.2, -0.15) is 0 Å². The van der Waals surface area contributed by atoms with Gasteiger partial charge in [-0.3, -0.25) is 4.79 Å². The Morgan fingerprint density at radius 3 is 2.56 bits per heavy atom. The zero-order valence-corrected chi connectivity index (χ0v) is 15.2. The summed E-state index contributed by atoms with van der Waals surface area (Å²) in [6.45, 7) is 0. The van der Waals surface area contributed by atoms with Crippen LogP contribution < -0.4 is 11.3 Å². The van der Waals surface area contributed by atoms with Crippen LogP contribution in [-0.4, -0.2) is 14.6 Å². The molecule has 0 fully saturated rings. The Bertz CT molecular complexity index is 1230. The van der Waals surface area contributed by atoms with E-state index in [4.69, 9.17) is 28.9 Å². The van der Waals surface area contributed by atoms with Crippen LogP contribution in [0, 0.1) is 0 Å². The van der Waals surface area contributed by atoms with Crippen molar-refractivity contribution in [2.75, 3.05) is 5.73 Å². The van der Waals surface area contributed by atoms with Gasteiger partial charge in [0.2, 0.25) is 0 Å². The van der Waals surface area contributed by atoms with E-state index in [2.05, 4.69) is 20.3 Å². The second kappa shape index (κ2) is 6.86. The molecule has 2 aromatic heterocycles. The van der Waals surface area contributed by atoms with Gasteiger partial charge in [0.05, 0.1) is 10.7 Å². The number of anilines is 1. The van der Waals surface area contributed by atoms with Crippen molar-refractivity contribution in [3.05, 3.63) is 75.0 Å². The first-order chi connectivity index (χ1) is 13.0. The van der Waals surface area contributed by atoms with Crippen molar-refractivity contribution in [1.82, 2.24) is 14.6 Å². The third-order valence-corrected chi connectivity index (χ3v) is 4.40. The molecular weight excluding hydrogens is 387 g/mol. The number of nitrogens with two attached hydrogens (primary N) is 1. The van der Waals surface area contributed by atoms with Gasteiger partial charge in [0.1, 0.15) is 5.69 Å². The number of halogens is 2. The van der Waals surface area contributed by atoms with E-state index in [1.165, 1.54) is 10.6 Å². The molecule has 0 atom stereocenters. The lowest BCUT2D eigenvalue weighted by molar-refractivity contribution is 0.945. The number of nitrogen functional groups attached to an aromatic ring is 1. The van der Waals surface area contributed by atoms with E-state index in [1.54, 1.807) is 18.2 Å². The summed E-state index contributed by atoms with van der Waals surface area (Å²) < 4.78 is 1.53. The van der Waals surface area contributed by atoms with Crippen LogP contribution in [0.3, 0.4) is 0 Å². The molecule has 0 saturated heterocycles. The number of azo groups is 1. The van der Waals surface area contributed by atoms with Crippen LogP contribution in [0.25, 0.3) is 16.9 Å². The predicted molar refractivity (Wildman–Crippen MR) is 106 cm³/mol. The van der Waals surface area contributed by atoms with Gasteiger partial charge in [0.25, 0.3) is 5.56 Å². The summed E-state index contributed by atoms with van der Waals surface area (Å²) in [7, 11) is 0. The van der Waals surface area contributed by atoms with Gasteiger partial charge in [-0.25, -0.2) is 4.52 Å². The predicted octanol–water partition coefficient (Wildman–Crippen LogP) is 4.99. The Morgan fingerprint density at radius 2 is 1.81 bits per heavy atom. The highest BCUT2D eigenvalue weighted by Crippen LogP contribution is 2.33. The van der Waals surface area contributed by atoms with Gasteiger partial charge in [-0.1, -0.05) is 53.5 Å². The molecular formula is C18H12Cl2N6O. The smallest absolute Gasteiger partial charge is 0.251 e. The van der Waals surface area contributed by atoms with Crippen molar-refractivity contribution in [2.45, 2.75) is 0 Å². The lowest BCUT2D eigenvalue weighted by Gasteiger charge is -2.04. The quantitative estimate of drug-likeness (QED) is 0.475. The molecule has 2 aromatic carbocycles. The van der Waals surface area contributed by atoms with Gasteiger partial charge < -0.3 is 10.7 Å². The van der Waals surface area contributed by atoms with Crippen molar-refractivity contribution in [3.63, 3.8) is 0 Å². The SMILES string of the molecule is Nc1nn2c(-c3ccccc3)cc(=O)[nH]c2c1N=Nc1ccc(Cl)cc1Cl. The van der Waals surface area contributed by atoms with Crippen LogP contribution in [-0.2, 0) is 0 Å². The molecule has 0 radical (unpaired) electrons. The number of rotatable bonds is 3. The van der Waals surface area contributed by atoms with Gasteiger partial charge in [-0.05, 0) is 18.2 Å². The maximum atomic E-state index is 12.2. The Balaban J connectivity index is 1.87. The van der Waals surface area contributed by atoms with Gasteiger partial charge in [-0.15, -0.1) is 15.3 Å². The number of H-pyrrole nitrogens is 1. The fourth-order valence-corrected chi connectivity index (χ4v) is 3.08. The highest BCUT2D eigenvalue weighted by Gasteiger charge is 2.15. The lowest BCUT2D eigenvalue weighted by Crippen LogP contribution is -2.09. The summed E-state index contributed by atoms with van der Waals surface area (Å²) in [5, 5.41) is 13.4. The molecule has 0 aliphatic heterocycles. The second-order valence-corrected chi connectivity index (χ2v) is 6.52. The fourth-order valence-electron chi connectivity index (χ4n) is 2.63. The number of fused-ring (bicyclic) bond motifs is 1. The summed E-state index contributed by atoms with van der Waals surface area (Å²) in [6, 6.07) is 15.7. The van der Waals surface area contributed by atoms with E-state index in [9.17, 15) is 4.79 Å². The van der Waals surface area contributed by atoms with E-state index in [-0.39, 0.29) is 17.1 Å². The maximum absolute atomic E-state index is 12.2. The fraction of sp³-hybridized carbons (Fsp3) is 0. The van der Waals surface area contributed by atoms with Crippen molar-refractivity contribution in [2.24, 2.45) is 10.2 Å². The number of hydrogen-bond donors (Lipinski definition) is 2. The van der Waals surface area contributed by atoms with Gasteiger partial charge >= 0.3 is 0 Å². The average Bonchev–Trinajstić information content (AvgIpc) is 2.96. The largest absolute Gasteiger partial charge is 0.380 e. The third kappa shape index (κ3) is 3.30. The number of benzene rings is 2. The van der Waals surface area contributed by atoms with Crippen molar-refractivity contribution < 1.29 is 0 Å². The molecule has 7 nitrogen and oxygen atoms in total. The first-order valence-corrected chi connectivity index (χ1v) is 8.62. The summed E-state index contributed by atoms with van der Waals surface area (Å²) in [5.74, 6) is 0.128. The van der Waals surface area contributed by atoms with Crippen LogP contribution >= 0.6 is 23.2 Å². The molecule has 0 bridgehead atoms. The monoisotopic (exact) mass is 398 g/mol. The molecule has 2 heterocycles. The molecule has 27 heavy (non-hydrogen) atoms. The number of nitrogens with zero attached hydrogens (tertiary/aromatic N) is 4. The summed E-state index contributed by atoms with van der Waals surface area (Å²) in [4.78, 5) is 14.9. The van der Waals surface area contributed by atoms with Crippen molar-refractivity contribution >= 4 is 46.0 Å². The van der Waals surface area contributed by atoms with Crippen LogP contribution in [0.1, 0.15) is 0 Å². The van der Waals surface area contributed by atoms with Gasteiger partial charge in [0, 0.05) is 16.7 Å². The summed E-state index contributed by atoms with van der Waals surface area (Å²) in [6.07, 6.45) is 0. The standard InChI is InChI=1S/C18H12Cl2N6O/c19-11-6-7-13(12(20)8-11)23-24-16-17(21)25-26-14(9-15(27)22-18(16)26)10-4-2-1-3-5-10/h1-9H,(H2,21,25)(H,22,27). The number of aromatic amines is 1. The number of hydrogen-bond acceptors (Lipinski definition) is 5. The third-order valence-electron chi connectivity index (χ3n) is 3.86. The average molecular weight is 399 g/mol. The normalized spacial score (nSPS) is 11.5. The van der Waals surface area contributed by atoms with E-state index < -0.39 is 0 Å². The van der Waals surface area contributed by atoms with E-state index in [0.29, 0.717) is 27.1 Å². The maximum Gasteiger partial charge on any atom is 0.251 e. The molecule has 0 spiro atoms. The minimum Gasteiger partial charge on any atom is -0.380 e.